The maximum atomic E-state index is 11.8. The number of halogens is 3. The van der Waals surface area contributed by atoms with Gasteiger partial charge in [0.2, 0.25) is 0 Å². The first-order valence-corrected chi connectivity index (χ1v) is 6.04. The molecule has 112 valence electrons. The van der Waals surface area contributed by atoms with Gasteiger partial charge in [0.05, 0.1) is 0 Å². The molecule has 5 nitrogen and oxygen atoms in total. The van der Waals surface area contributed by atoms with Gasteiger partial charge in [0, 0.05) is 25.9 Å². The van der Waals surface area contributed by atoms with E-state index in [1.165, 1.54) is 0 Å². The SMILES string of the molecule is CCC(CNC(=O)NCCCC(F)(F)F)CC(=O)O. The lowest BCUT2D eigenvalue weighted by Crippen LogP contribution is -2.39. The van der Waals surface area contributed by atoms with Crippen molar-refractivity contribution < 1.29 is 27.9 Å². The Morgan fingerprint density at radius 2 is 1.89 bits per heavy atom. The molecule has 2 amide bonds. The van der Waals surface area contributed by atoms with Gasteiger partial charge in [-0.1, -0.05) is 13.3 Å². The van der Waals surface area contributed by atoms with Crippen molar-refractivity contribution in [2.24, 2.45) is 5.92 Å². The van der Waals surface area contributed by atoms with Gasteiger partial charge in [0.25, 0.3) is 0 Å². The Kier molecular flexibility index (Phi) is 7.94. The molecule has 0 aromatic heterocycles. The third-order valence-electron chi connectivity index (χ3n) is 2.51. The normalized spacial score (nSPS) is 12.8. The van der Waals surface area contributed by atoms with Crippen LogP contribution in [0, 0.1) is 5.92 Å². The monoisotopic (exact) mass is 284 g/mol. The number of carboxylic acid groups (broad SMARTS) is 1. The summed E-state index contributed by atoms with van der Waals surface area (Å²) in [6.07, 6.45) is -4.79. The predicted octanol–water partition coefficient (Wildman–Crippen LogP) is 2.13. The largest absolute Gasteiger partial charge is 0.481 e. The molecule has 0 saturated heterocycles. The second-order valence-electron chi connectivity index (χ2n) is 4.23. The van der Waals surface area contributed by atoms with E-state index in [1.54, 1.807) is 6.92 Å². The smallest absolute Gasteiger partial charge is 0.389 e. The number of carbonyl (C=O) groups is 2. The standard InChI is InChI=1S/C11H19F3N2O3/c1-2-8(6-9(17)18)7-16-10(19)15-5-3-4-11(12,13)14/h8H,2-7H2,1H3,(H,17,18)(H2,15,16,19). The fourth-order valence-corrected chi connectivity index (χ4v) is 1.40. The number of hydrogen-bond donors (Lipinski definition) is 3. The van der Waals surface area contributed by atoms with Crippen LogP contribution in [0.1, 0.15) is 32.6 Å². The molecule has 0 bridgehead atoms. The van der Waals surface area contributed by atoms with E-state index in [2.05, 4.69) is 10.6 Å². The van der Waals surface area contributed by atoms with Crippen LogP contribution >= 0.6 is 0 Å². The Morgan fingerprint density at radius 1 is 1.26 bits per heavy atom. The van der Waals surface area contributed by atoms with Crippen LogP contribution in [0.2, 0.25) is 0 Å². The summed E-state index contributed by atoms with van der Waals surface area (Å²) in [7, 11) is 0. The number of rotatable bonds is 8. The first kappa shape index (κ1) is 17.5. The fourth-order valence-electron chi connectivity index (χ4n) is 1.40. The van der Waals surface area contributed by atoms with Crippen molar-refractivity contribution in [2.75, 3.05) is 13.1 Å². The zero-order valence-electron chi connectivity index (χ0n) is 10.7. The second-order valence-corrected chi connectivity index (χ2v) is 4.23. The maximum Gasteiger partial charge on any atom is 0.389 e. The lowest BCUT2D eigenvalue weighted by Gasteiger charge is -2.14. The van der Waals surface area contributed by atoms with Gasteiger partial charge in [-0.15, -0.1) is 0 Å². The molecule has 0 aliphatic rings. The van der Waals surface area contributed by atoms with Gasteiger partial charge in [-0.2, -0.15) is 13.2 Å². The predicted molar refractivity (Wildman–Crippen MR) is 62.7 cm³/mol. The summed E-state index contributed by atoms with van der Waals surface area (Å²) in [6, 6.07) is -0.578. The molecule has 1 atom stereocenters. The maximum absolute atomic E-state index is 11.8. The summed E-state index contributed by atoms with van der Waals surface area (Å²) in [5.41, 5.74) is 0. The third-order valence-corrected chi connectivity index (χ3v) is 2.51. The number of alkyl halides is 3. The van der Waals surface area contributed by atoms with Gasteiger partial charge in [-0.3, -0.25) is 4.79 Å². The van der Waals surface area contributed by atoms with Gasteiger partial charge >= 0.3 is 18.2 Å². The number of aliphatic carboxylic acids is 1. The first-order chi connectivity index (χ1) is 8.74. The highest BCUT2D eigenvalue weighted by molar-refractivity contribution is 5.74. The zero-order valence-corrected chi connectivity index (χ0v) is 10.7. The van der Waals surface area contributed by atoms with E-state index >= 15 is 0 Å². The summed E-state index contributed by atoms with van der Waals surface area (Å²) in [5, 5.41) is 13.3. The van der Waals surface area contributed by atoms with E-state index < -0.39 is 24.6 Å². The van der Waals surface area contributed by atoms with Crippen molar-refractivity contribution in [3.8, 4) is 0 Å². The number of hydrogen-bond acceptors (Lipinski definition) is 2. The molecule has 0 aliphatic carbocycles. The van der Waals surface area contributed by atoms with Crippen molar-refractivity contribution in [2.45, 2.75) is 38.8 Å². The topological polar surface area (TPSA) is 78.4 Å². The summed E-state index contributed by atoms with van der Waals surface area (Å²) < 4.78 is 35.5. The van der Waals surface area contributed by atoms with Crippen LogP contribution in [-0.2, 0) is 4.79 Å². The average Bonchev–Trinajstić information content (AvgIpc) is 2.28. The van der Waals surface area contributed by atoms with Crippen molar-refractivity contribution in [1.29, 1.82) is 0 Å². The highest BCUT2D eigenvalue weighted by Crippen LogP contribution is 2.20. The Morgan fingerprint density at radius 3 is 2.37 bits per heavy atom. The quantitative estimate of drug-likeness (QED) is 0.597. The van der Waals surface area contributed by atoms with Crippen LogP contribution in [0.25, 0.3) is 0 Å². The molecule has 1 unspecified atom stereocenters. The molecular formula is C11H19F3N2O3. The van der Waals surface area contributed by atoms with Crippen molar-refractivity contribution in [3.05, 3.63) is 0 Å². The summed E-state index contributed by atoms with van der Waals surface area (Å²) in [5.74, 6) is -1.13. The minimum Gasteiger partial charge on any atom is -0.481 e. The Hall–Kier alpha value is -1.47. The summed E-state index contributed by atoms with van der Waals surface area (Å²) in [6.45, 7) is 1.92. The lowest BCUT2D eigenvalue weighted by molar-refractivity contribution is -0.138. The van der Waals surface area contributed by atoms with Crippen molar-refractivity contribution in [3.63, 3.8) is 0 Å². The van der Waals surface area contributed by atoms with Crippen molar-refractivity contribution >= 4 is 12.0 Å². The molecule has 0 radical (unpaired) electrons. The van der Waals surface area contributed by atoms with Crippen LogP contribution in [-0.4, -0.2) is 36.4 Å². The van der Waals surface area contributed by atoms with Crippen LogP contribution in [0.5, 0.6) is 0 Å². The summed E-state index contributed by atoms with van der Waals surface area (Å²) in [4.78, 5) is 21.7. The number of nitrogens with one attached hydrogen (secondary N) is 2. The Balaban J connectivity index is 3.71. The molecule has 0 aromatic rings. The molecule has 0 aromatic carbocycles. The number of urea groups is 1. The van der Waals surface area contributed by atoms with E-state index in [9.17, 15) is 22.8 Å². The Labute approximate surface area is 109 Å². The number of amides is 2. The van der Waals surface area contributed by atoms with Crippen molar-refractivity contribution in [1.82, 2.24) is 10.6 Å². The molecule has 8 heteroatoms. The van der Waals surface area contributed by atoms with Crippen LogP contribution < -0.4 is 10.6 Å². The molecule has 0 fully saturated rings. The van der Waals surface area contributed by atoms with E-state index in [0.717, 1.165) is 0 Å². The van der Waals surface area contributed by atoms with Gasteiger partial charge in [0.15, 0.2) is 0 Å². The van der Waals surface area contributed by atoms with Gasteiger partial charge in [-0.05, 0) is 12.3 Å². The Bertz CT molecular complexity index is 295. The van der Waals surface area contributed by atoms with E-state index in [4.69, 9.17) is 5.11 Å². The highest BCUT2D eigenvalue weighted by atomic mass is 19.4. The highest BCUT2D eigenvalue weighted by Gasteiger charge is 2.25. The number of carbonyl (C=O) groups excluding carboxylic acids is 1. The van der Waals surface area contributed by atoms with Gasteiger partial charge in [-0.25, -0.2) is 4.79 Å². The molecule has 0 rings (SSSR count). The van der Waals surface area contributed by atoms with Crippen LogP contribution in [0.4, 0.5) is 18.0 Å². The molecule has 0 spiro atoms. The van der Waals surface area contributed by atoms with Crippen LogP contribution in [0.15, 0.2) is 0 Å². The molecule has 19 heavy (non-hydrogen) atoms. The molecule has 0 heterocycles. The second kappa shape index (κ2) is 8.60. The average molecular weight is 284 g/mol. The van der Waals surface area contributed by atoms with Crippen LogP contribution in [0.3, 0.4) is 0 Å². The molecular weight excluding hydrogens is 265 g/mol. The van der Waals surface area contributed by atoms with E-state index in [0.29, 0.717) is 6.42 Å². The van der Waals surface area contributed by atoms with Gasteiger partial charge in [0.1, 0.15) is 0 Å². The minimum atomic E-state index is -4.22. The fraction of sp³-hybridized carbons (Fsp3) is 0.818. The molecule has 0 saturated carbocycles. The lowest BCUT2D eigenvalue weighted by atomic mass is 10.0. The minimum absolute atomic E-state index is 0.0507. The summed E-state index contributed by atoms with van der Waals surface area (Å²) >= 11 is 0. The van der Waals surface area contributed by atoms with Gasteiger partial charge < -0.3 is 15.7 Å². The third kappa shape index (κ3) is 11.4. The van der Waals surface area contributed by atoms with E-state index in [-0.39, 0.29) is 31.8 Å². The molecule has 0 aliphatic heterocycles. The zero-order chi connectivity index (χ0) is 14.9. The molecule has 3 N–H and O–H groups in total. The van der Waals surface area contributed by atoms with E-state index in [1.807, 2.05) is 0 Å². The number of carboxylic acids is 1. The first-order valence-electron chi connectivity index (χ1n) is 6.04.